The Bertz CT molecular complexity index is 1180. The molecule has 2 aliphatic rings. The van der Waals surface area contributed by atoms with Gasteiger partial charge in [-0.3, -0.25) is 4.79 Å². The van der Waals surface area contributed by atoms with Crippen LogP contribution in [0.1, 0.15) is 45.4 Å². The molecule has 1 saturated heterocycles. The Morgan fingerprint density at radius 1 is 1.23 bits per heavy atom. The number of alkyl halides is 2. The molecular weight excluding hydrogens is 388 g/mol. The highest BCUT2D eigenvalue weighted by Gasteiger charge is 2.47. The molecular formula is C23H23F2N3O2. The Hall–Kier alpha value is -2.96. The molecule has 0 N–H and O–H groups in total. The number of benzene rings is 2. The number of hydrogen-bond donors (Lipinski definition) is 0. The number of carbonyl (C=O) groups is 1. The van der Waals surface area contributed by atoms with Crippen molar-refractivity contribution in [3.63, 3.8) is 0 Å². The molecule has 1 aromatic heterocycles. The van der Waals surface area contributed by atoms with Crippen molar-refractivity contribution in [2.45, 2.75) is 38.7 Å². The number of carbonyl (C=O) groups excluding carboxylic acids is 1. The van der Waals surface area contributed by atoms with Crippen LogP contribution in [0.2, 0.25) is 0 Å². The molecule has 1 atom stereocenters. The molecule has 0 saturated carbocycles. The summed E-state index contributed by atoms with van der Waals surface area (Å²) in [5, 5.41) is 0. The van der Waals surface area contributed by atoms with Crippen LogP contribution in [0.4, 0.5) is 8.78 Å². The number of aromatic nitrogens is 2. The first kappa shape index (κ1) is 19.0. The third-order valence-electron chi connectivity index (χ3n) is 6.27. The fraction of sp³-hybridized carbons (Fsp3) is 0.391. The van der Waals surface area contributed by atoms with Gasteiger partial charge in [0.2, 0.25) is 0 Å². The number of halogens is 2. The van der Waals surface area contributed by atoms with Crippen LogP contribution in [0.25, 0.3) is 11.0 Å². The lowest BCUT2D eigenvalue weighted by molar-refractivity contribution is -0.113. The van der Waals surface area contributed by atoms with Gasteiger partial charge in [0.25, 0.3) is 11.8 Å². The second-order valence-electron chi connectivity index (χ2n) is 8.34. The predicted octanol–water partition coefficient (Wildman–Crippen LogP) is 4.35. The molecule has 0 spiro atoms. The van der Waals surface area contributed by atoms with Crippen molar-refractivity contribution < 1.29 is 18.3 Å². The van der Waals surface area contributed by atoms with Crippen molar-refractivity contribution in [2.75, 3.05) is 13.1 Å². The lowest BCUT2D eigenvalue weighted by Crippen LogP contribution is -2.58. The molecule has 5 nitrogen and oxygen atoms in total. The lowest BCUT2D eigenvalue weighted by Gasteiger charge is -2.39. The number of imidazole rings is 1. The maximum absolute atomic E-state index is 13.4. The molecule has 2 aliphatic heterocycles. The highest BCUT2D eigenvalue weighted by atomic mass is 19.3. The second-order valence-corrected chi connectivity index (χ2v) is 8.34. The van der Waals surface area contributed by atoms with E-state index in [1.807, 2.05) is 30.7 Å². The third kappa shape index (κ3) is 2.87. The highest BCUT2D eigenvalue weighted by molar-refractivity contribution is 6.02. The molecule has 30 heavy (non-hydrogen) atoms. The summed E-state index contributed by atoms with van der Waals surface area (Å²) >= 11 is 0. The monoisotopic (exact) mass is 411 g/mol. The molecule has 156 valence electrons. The molecule has 7 heteroatoms. The Labute approximate surface area is 173 Å². The van der Waals surface area contributed by atoms with E-state index in [2.05, 4.69) is 24.0 Å². The van der Waals surface area contributed by atoms with Crippen molar-refractivity contribution in [3.8, 4) is 5.75 Å². The summed E-state index contributed by atoms with van der Waals surface area (Å²) in [6.45, 7) is 2.88. The van der Waals surface area contributed by atoms with Crippen LogP contribution in [-0.4, -0.2) is 39.4 Å². The Kier molecular flexibility index (Phi) is 4.14. The first-order chi connectivity index (χ1) is 14.2. The topological polar surface area (TPSA) is 47.4 Å². The van der Waals surface area contributed by atoms with Crippen LogP contribution < -0.4 is 4.74 Å². The zero-order chi connectivity index (χ0) is 21.2. The van der Waals surface area contributed by atoms with Gasteiger partial charge in [0.05, 0.1) is 18.6 Å². The molecule has 1 amide bonds. The minimum atomic E-state index is -2.80. The normalized spacial score (nSPS) is 19.9. The number of amides is 1. The average molecular weight is 411 g/mol. The predicted molar refractivity (Wildman–Crippen MR) is 109 cm³/mol. The van der Waals surface area contributed by atoms with Crippen molar-refractivity contribution in [1.82, 2.24) is 14.5 Å². The summed E-state index contributed by atoms with van der Waals surface area (Å²) in [7, 11) is 1.88. The van der Waals surface area contributed by atoms with Crippen molar-refractivity contribution in [1.29, 1.82) is 0 Å². The SMILES string of the molecule is Cc1ccccc1[C@@H]1CCc2c(C(=O)N3CC(F)(F)C3)cc3c(nc(C)n3C)c2O1. The number of ether oxygens (including phenoxy) is 1. The molecule has 2 aromatic carbocycles. The van der Waals surface area contributed by atoms with Gasteiger partial charge in [0.1, 0.15) is 17.4 Å². The van der Waals surface area contributed by atoms with Gasteiger partial charge in [0, 0.05) is 18.2 Å². The van der Waals surface area contributed by atoms with Crippen LogP contribution in [0.15, 0.2) is 30.3 Å². The summed E-state index contributed by atoms with van der Waals surface area (Å²) in [4.78, 5) is 18.9. The number of hydrogen-bond acceptors (Lipinski definition) is 3. The maximum Gasteiger partial charge on any atom is 0.282 e. The van der Waals surface area contributed by atoms with Gasteiger partial charge in [-0.25, -0.2) is 13.8 Å². The van der Waals surface area contributed by atoms with Gasteiger partial charge in [-0.2, -0.15) is 0 Å². The summed E-state index contributed by atoms with van der Waals surface area (Å²) in [6, 6.07) is 9.88. The van der Waals surface area contributed by atoms with Crippen LogP contribution in [-0.2, 0) is 13.5 Å². The van der Waals surface area contributed by atoms with E-state index in [0.717, 1.165) is 28.0 Å². The minimum Gasteiger partial charge on any atom is -0.483 e. The van der Waals surface area contributed by atoms with E-state index in [-0.39, 0.29) is 12.0 Å². The van der Waals surface area contributed by atoms with E-state index >= 15 is 0 Å². The smallest absolute Gasteiger partial charge is 0.282 e. The molecule has 0 aliphatic carbocycles. The zero-order valence-electron chi connectivity index (χ0n) is 17.2. The molecule has 0 radical (unpaired) electrons. The summed E-state index contributed by atoms with van der Waals surface area (Å²) in [5.74, 6) is -1.76. The van der Waals surface area contributed by atoms with Gasteiger partial charge in [0.15, 0.2) is 5.75 Å². The number of rotatable bonds is 2. The van der Waals surface area contributed by atoms with E-state index in [4.69, 9.17) is 4.74 Å². The van der Waals surface area contributed by atoms with Gasteiger partial charge in [-0.1, -0.05) is 24.3 Å². The first-order valence-corrected chi connectivity index (χ1v) is 10.1. The molecule has 3 aromatic rings. The zero-order valence-corrected chi connectivity index (χ0v) is 17.2. The minimum absolute atomic E-state index is 0.136. The van der Waals surface area contributed by atoms with Crippen LogP contribution in [0.5, 0.6) is 5.75 Å². The van der Waals surface area contributed by atoms with E-state index < -0.39 is 19.0 Å². The number of aryl methyl sites for hydroxylation is 3. The Balaban J connectivity index is 1.62. The van der Waals surface area contributed by atoms with Gasteiger partial charge in [-0.05, 0) is 43.9 Å². The fourth-order valence-electron chi connectivity index (χ4n) is 4.48. The molecule has 0 bridgehead atoms. The third-order valence-corrected chi connectivity index (χ3v) is 6.27. The van der Waals surface area contributed by atoms with Gasteiger partial charge in [-0.15, -0.1) is 0 Å². The molecule has 5 rings (SSSR count). The van der Waals surface area contributed by atoms with E-state index in [1.54, 1.807) is 6.07 Å². The standard InChI is InChI=1S/C23H23F2N3O2/c1-13-6-4-5-7-15(13)19-9-8-16-17(22(29)28-11-23(24,25)12-28)10-18-20(21(16)30-19)26-14(2)27(18)3/h4-7,10,19H,8-9,11-12H2,1-3H3/t19-/m0/s1. The quantitative estimate of drug-likeness (QED) is 0.630. The summed E-state index contributed by atoms with van der Waals surface area (Å²) < 4.78 is 35.1. The highest BCUT2D eigenvalue weighted by Crippen LogP contribution is 2.43. The molecule has 3 heterocycles. The van der Waals surface area contributed by atoms with Gasteiger partial charge >= 0.3 is 0 Å². The summed E-state index contributed by atoms with van der Waals surface area (Å²) in [6.07, 6.45) is 1.21. The average Bonchev–Trinajstić information content (AvgIpc) is 2.99. The first-order valence-electron chi connectivity index (χ1n) is 10.1. The van der Waals surface area contributed by atoms with Crippen molar-refractivity contribution in [2.24, 2.45) is 7.05 Å². The van der Waals surface area contributed by atoms with Gasteiger partial charge < -0.3 is 14.2 Å². The maximum atomic E-state index is 13.4. The lowest BCUT2D eigenvalue weighted by atomic mass is 9.91. The van der Waals surface area contributed by atoms with E-state index in [9.17, 15) is 13.6 Å². The van der Waals surface area contributed by atoms with Crippen molar-refractivity contribution in [3.05, 3.63) is 58.4 Å². The van der Waals surface area contributed by atoms with Crippen molar-refractivity contribution >= 4 is 16.9 Å². The number of fused-ring (bicyclic) bond motifs is 3. The van der Waals surface area contributed by atoms with Crippen LogP contribution >= 0.6 is 0 Å². The molecule has 1 fully saturated rings. The van der Waals surface area contributed by atoms with Crippen LogP contribution in [0.3, 0.4) is 0 Å². The van der Waals surface area contributed by atoms with E-state index in [0.29, 0.717) is 29.7 Å². The van der Waals surface area contributed by atoms with Crippen LogP contribution in [0, 0.1) is 13.8 Å². The number of likely N-dealkylation sites (tertiary alicyclic amines) is 1. The second kappa shape index (κ2) is 6.52. The summed E-state index contributed by atoms with van der Waals surface area (Å²) in [5.41, 5.74) is 4.96. The Morgan fingerprint density at radius 2 is 1.97 bits per heavy atom. The number of nitrogens with zero attached hydrogens (tertiary/aromatic N) is 3. The fourth-order valence-corrected chi connectivity index (χ4v) is 4.48. The molecule has 0 unspecified atom stereocenters. The largest absolute Gasteiger partial charge is 0.483 e. The Morgan fingerprint density at radius 3 is 2.67 bits per heavy atom. The van der Waals surface area contributed by atoms with E-state index in [1.165, 1.54) is 4.90 Å².